The number of aromatic nitrogens is 1. The number of rotatable bonds is 10. The van der Waals surface area contributed by atoms with E-state index in [1.165, 1.54) is 11.3 Å². The maximum atomic E-state index is 11.7. The highest BCUT2D eigenvalue weighted by atomic mass is 32.1. The molecule has 31 heavy (non-hydrogen) atoms. The maximum Gasteiger partial charge on any atom is 0.307 e. The van der Waals surface area contributed by atoms with E-state index in [1.807, 2.05) is 38.1 Å². The summed E-state index contributed by atoms with van der Waals surface area (Å²) < 4.78 is 12.3. The van der Waals surface area contributed by atoms with Crippen LogP contribution < -0.4 is 14.8 Å². The maximum absolute atomic E-state index is 11.7. The van der Waals surface area contributed by atoms with Crippen molar-refractivity contribution in [3.8, 4) is 11.5 Å². The summed E-state index contributed by atoms with van der Waals surface area (Å²) in [4.78, 5) is 27.7. The molecule has 0 atom stereocenters. The number of carboxylic acids is 1. The van der Waals surface area contributed by atoms with E-state index in [0.29, 0.717) is 35.2 Å². The predicted octanol–water partition coefficient (Wildman–Crippen LogP) is 4.23. The van der Waals surface area contributed by atoms with Crippen molar-refractivity contribution in [2.45, 2.75) is 20.3 Å². The lowest BCUT2D eigenvalue weighted by atomic mass is 10.1. The highest BCUT2D eigenvalue weighted by Crippen LogP contribution is 2.33. The number of carboxylic acid groups (broad SMARTS) is 1. The third-order valence-electron chi connectivity index (χ3n) is 4.25. The van der Waals surface area contributed by atoms with E-state index < -0.39 is 5.97 Å². The minimum atomic E-state index is -0.933. The Labute approximate surface area is 184 Å². The third kappa shape index (κ3) is 6.05. The molecule has 2 N–H and O–H groups in total. The summed E-state index contributed by atoms with van der Waals surface area (Å²) >= 11 is 1.46. The molecule has 3 aromatic rings. The number of carbonyl (C=O) groups excluding carboxylic acids is 1. The molecule has 1 aromatic heterocycles. The van der Waals surface area contributed by atoms with Crippen molar-refractivity contribution in [2.24, 2.45) is 0 Å². The van der Waals surface area contributed by atoms with Gasteiger partial charge >= 0.3 is 5.97 Å². The van der Waals surface area contributed by atoms with E-state index in [-0.39, 0.29) is 18.9 Å². The Morgan fingerprint density at radius 3 is 2.65 bits per heavy atom. The number of likely N-dealkylation sites (N-methyl/N-ethyl adjacent to an activating group) is 1. The zero-order chi connectivity index (χ0) is 22.2. The molecule has 0 saturated heterocycles. The highest BCUT2D eigenvalue weighted by molar-refractivity contribution is 7.19. The normalized spacial score (nSPS) is 11.4. The number of hydrogen-bond donors (Lipinski definition) is 2. The summed E-state index contributed by atoms with van der Waals surface area (Å²) in [7, 11) is 0. The smallest absolute Gasteiger partial charge is 0.307 e. The number of amides is 1. The minimum Gasteiger partial charge on any atom is -0.490 e. The van der Waals surface area contributed by atoms with Crippen LogP contribution in [0.2, 0.25) is 0 Å². The number of fused-ring (bicyclic) bond motifs is 1. The molecule has 7 nitrogen and oxygen atoms in total. The molecule has 0 saturated carbocycles. The fourth-order valence-electron chi connectivity index (χ4n) is 2.96. The molecule has 162 valence electrons. The molecule has 0 spiro atoms. The topological polar surface area (TPSA) is 97.8 Å². The Morgan fingerprint density at radius 2 is 1.94 bits per heavy atom. The van der Waals surface area contributed by atoms with Crippen molar-refractivity contribution >= 4 is 45.1 Å². The standard InChI is InChI=1S/C23H24N2O5S/c1-3-24-21(26)14-30-18-10-9-15(12-19(18)29-4-2)11-16(13-22(27)28)23-25-17-7-5-6-8-20(17)31-23/h5-12H,3-4,13-14H2,1-2H3,(H,24,26)(H,27,28)/b16-11-. The van der Waals surface area contributed by atoms with E-state index in [0.717, 1.165) is 15.8 Å². The van der Waals surface area contributed by atoms with Gasteiger partial charge in [0.05, 0.1) is 23.2 Å². The lowest BCUT2D eigenvalue weighted by Crippen LogP contribution is -2.28. The Morgan fingerprint density at radius 1 is 1.13 bits per heavy atom. The number of aliphatic carboxylic acids is 1. The first-order valence-electron chi connectivity index (χ1n) is 9.94. The van der Waals surface area contributed by atoms with Crippen LogP contribution in [0.15, 0.2) is 42.5 Å². The van der Waals surface area contributed by atoms with Gasteiger partial charge in [-0.15, -0.1) is 11.3 Å². The highest BCUT2D eigenvalue weighted by Gasteiger charge is 2.14. The zero-order valence-electron chi connectivity index (χ0n) is 17.4. The van der Waals surface area contributed by atoms with Gasteiger partial charge in [-0.2, -0.15) is 0 Å². The van der Waals surface area contributed by atoms with Gasteiger partial charge < -0.3 is 19.9 Å². The summed E-state index contributed by atoms with van der Waals surface area (Å²) in [5.74, 6) is -0.213. The van der Waals surface area contributed by atoms with Crippen LogP contribution in [-0.2, 0) is 9.59 Å². The monoisotopic (exact) mass is 440 g/mol. The van der Waals surface area contributed by atoms with Gasteiger partial charge in [0.25, 0.3) is 5.91 Å². The van der Waals surface area contributed by atoms with Gasteiger partial charge in [0.1, 0.15) is 5.01 Å². The van der Waals surface area contributed by atoms with Crippen molar-refractivity contribution in [1.82, 2.24) is 10.3 Å². The molecule has 0 aliphatic carbocycles. The second-order valence-electron chi connectivity index (χ2n) is 6.61. The molecule has 3 rings (SSSR count). The van der Waals surface area contributed by atoms with Gasteiger partial charge in [-0.25, -0.2) is 4.98 Å². The molecule has 8 heteroatoms. The number of carbonyl (C=O) groups is 2. The fourth-order valence-corrected chi connectivity index (χ4v) is 3.93. The Balaban J connectivity index is 1.92. The van der Waals surface area contributed by atoms with Crippen molar-refractivity contribution in [3.63, 3.8) is 0 Å². The van der Waals surface area contributed by atoms with E-state index in [2.05, 4.69) is 10.3 Å². The van der Waals surface area contributed by atoms with Crippen molar-refractivity contribution < 1.29 is 24.2 Å². The van der Waals surface area contributed by atoms with Crippen molar-refractivity contribution in [2.75, 3.05) is 19.8 Å². The molecule has 0 bridgehead atoms. The average Bonchev–Trinajstić information content (AvgIpc) is 3.17. The number of thiazole rings is 1. The van der Waals surface area contributed by atoms with Gasteiger partial charge in [0.15, 0.2) is 18.1 Å². The van der Waals surface area contributed by atoms with Gasteiger partial charge in [-0.3, -0.25) is 9.59 Å². The molecule has 0 aliphatic rings. The lowest BCUT2D eigenvalue weighted by molar-refractivity contribution is -0.135. The van der Waals surface area contributed by atoms with Gasteiger partial charge in [-0.05, 0) is 55.3 Å². The van der Waals surface area contributed by atoms with Crippen LogP contribution in [0.25, 0.3) is 21.9 Å². The molecular weight excluding hydrogens is 416 g/mol. The molecule has 0 aliphatic heterocycles. The van der Waals surface area contributed by atoms with Crippen LogP contribution in [0, 0.1) is 0 Å². The van der Waals surface area contributed by atoms with Crippen molar-refractivity contribution in [1.29, 1.82) is 0 Å². The SMILES string of the molecule is CCNC(=O)COc1ccc(/C=C(/CC(=O)O)c2nc3ccccc3s2)cc1OCC. The fraction of sp³-hybridized carbons (Fsp3) is 0.261. The Bertz CT molecular complexity index is 1070. The second-order valence-corrected chi connectivity index (χ2v) is 7.64. The number of nitrogens with one attached hydrogen (secondary N) is 1. The predicted molar refractivity (Wildman–Crippen MR) is 122 cm³/mol. The molecule has 0 radical (unpaired) electrons. The summed E-state index contributed by atoms with van der Waals surface area (Å²) in [6, 6.07) is 13.0. The van der Waals surface area contributed by atoms with Crippen molar-refractivity contribution in [3.05, 3.63) is 53.0 Å². The first kappa shape index (κ1) is 22.3. The van der Waals surface area contributed by atoms with Crippen LogP contribution in [0.3, 0.4) is 0 Å². The largest absolute Gasteiger partial charge is 0.490 e. The lowest BCUT2D eigenvalue weighted by Gasteiger charge is -2.13. The van der Waals surface area contributed by atoms with E-state index in [9.17, 15) is 14.7 Å². The summed E-state index contributed by atoms with van der Waals surface area (Å²) in [5.41, 5.74) is 2.19. The number of benzene rings is 2. The number of para-hydroxylation sites is 1. The quantitative estimate of drug-likeness (QED) is 0.490. The summed E-state index contributed by atoms with van der Waals surface area (Å²) in [5, 5.41) is 12.7. The van der Waals surface area contributed by atoms with E-state index in [1.54, 1.807) is 24.3 Å². The van der Waals surface area contributed by atoms with Crippen LogP contribution in [0.4, 0.5) is 0 Å². The first-order chi connectivity index (χ1) is 15.0. The number of nitrogens with zero attached hydrogens (tertiary/aromatic N) is 1. The third-order valence-corrected chi connectivity index (χ3v) is 5.36. The minimum absolute atomic E-state index is 0.112. The number of hydrogen-bond acceptors (Lipinski definition) is 6. The van der Waals surface area contributed by atoms with Crippen LogP contribution in [0.1, 0.15) is 30.8 Å². The average molecular weight is 441 g/mol. The van der Waals surface area contributed by atoms with Gasteiger partial charge in [0.2, 0.25) is 0 Å². The molecule has 1 amide bonds. The molecule has 0 fully saturated rings. The second kappa shape index (κ2) is 10.6. The van der Waals surface area contributed by atoms with Crippen LogP contribution in [0.5, 0.6) is 11.5 Å². The molecule has 0 unspecified atom stereocenters. The Hall–Kier alpha value is -3.39. The van der Waals surface area contributed by atoms with E-state index in [4.69, 9.17) is 9.47 Å². The molecule has 1 heterocycles. The molecular formula is C23H24N2O5S. The zero-order valence-corrected chi connectivity index (χ0v) is 18.2. The Kier molecular flexibility index (Phi) is 7.61. The summed E-state index contributed by atoms with van der Waals surface area (Å²) in [6.07, 6.45) is 1.64. The van der Waals surface area contributed by atoms with Crippen LogP contribution >= 0.6 is 11.3 Å². The summed E-state index contributed by atoms with van der Waals surface area (Å²) in [6.45, 7) is 4.53. The van der Waals surface area contributed by atoms with Crippen LogP contribution in [-0.4, -0.2) is 41.7 Å². The van der Waals surface area contributed by atoms with E-state index >= 15 is 0 Å². The first-order valence-corrected chi connectivity index (χ1v) is 10.8. The van der Waals surface area contributed by atoms with Gasteiger partial charge in [0, 0.05) is 6.54 Å². The van der Waals surface area contributed by atoms with Gasteiger partial charge in [-0.1, -0.05) is 18.2 Å². The number of ether oxygens (including phenoxy) is 2. The molecule has 2 aromatic carbocycles.